The molecule has 0 radical (unpaired) electrons. The van der Waals surface area contributed by atoms with E-state index in [4.69, 9.17) is 13.9 Å². The number of fused-ring (bicyclic) bond motifs is 3. The van der Waals surface area contributed by atoms with Crippen LogP contribution in [0.2, 0.25) is 0 Å². The lowest BCUT2D eigenvalue weighted by Crippen LogP contribution is -2.53. The molecule has 2 aromatic carbocycles. The monoisotopic (exact) mass is 739 g/mol. The quantitative estimate of drug-likeness (QED) is 0.324. The summed E-state index contributed by atoms with van der Waals surface area (Å²) in [6.07, 6.45) is 3.71. The average molecular weight is 740 g/mol. The molecule has 1 aliphatic carbocycles. The zero-order valence-corrected chi connectivity index (χ0v) is 30.9. The van der Waals surface area contributed by atoms with Gasteiger partial charge in [-0.15, -0.1) is 0 Å². The Balaban J connectivity index is 1.19. The van der Waals surface area contributed by atoms with Crippen molar-refractivity contribution in [3.05, 3.63) is 67.8 Å². The fourth-order valence-electron chi connectivity index (χ4n) is 7.77. The van der Waals surface area contributed by atoms with E-state index in [1.807, 2.05) is 13.8 Å². The van der Waals surface area contributed by atoms with E-state index in [9.17, 15) is 22.8 Å². The van der Waals surface area contributed by atoms with E-state index in [-0.39, 0.29) is 49.6 Å². The van der Waals surface area contributed by atoms with E-state index in [0.29, 0.717) is 49.9 Å². The van der Waals surface area contributed by atoms with Gasteiger partial charge in [0, 0.05) is 68.6 Å². The summed E-state index contributed by atoms with van der Waals surface area (Å²) in [7, 11) is -0.343. The molecule has 1 atom stereocenters. The molecule has 15 heteroatoms. The van der Waals surface area contributed by atoms with E-state index in [1.54, 1.807) is 7.11 Å². The number of nitrogens with zero attached hydrogens (tertiary/aromatic N) is 4. The van der Waals surface area contributed by atoms with Crippen LogP contribution in [0.5, 0.6) is 5.75 Å². The zero-order valence-electron chi connectivity index (χ0n) is 30.1. The number of nitrogens with one attached hydrogen (secondary N) is 1. The van der Waals surface area contributed by atoms with Crippen molar-refractivity contribution in [2.45, 2.75) is 71.1 Å². The zero-order chi connectivity index (χ0) is 36.9. The molecule has 1 aromatic heterocycles. The number of anilines is 1. The summed E-state index contributed by atoms with van der Waals surface area (Å²) >= 11 is 0. The Morgan fingerprint density at radius 3 is 2.46 bits per heavy atom. The fraction of sp³-hybridized carbons (Fsp3) is 0.541. The molecule has 7 rings (SSSR count). The van der Waals surface area contributed by atoms with Gasteiger partial charge in [0.25, 0.3) is 11.8 Å². The van der Waals surface area contributed by atoms with Gasteiger partial charge in [-0.3, -0.25) is 14.5 Å². The molecule has 3 fully saturated rings. The first kappa shape index (κ1) is 36.3. The molecule has 4 aliphatic rings. The summed E-state index contributed by atoms with van der Waals surface area (Å²) in [5.74, 6) is -2.98. The minimum atomic E-state index is -4.13. The van der Waals surface area contributed by atoms with Crippen LogP contribution in [0.3, 0.4) is 0 Å². The smallest absolute Gasteiger partial charge is 0.341 e. The first-order chi connectivity index (χ1) is 24.9. The number of likely N-dealkylation sites (N-methyl/N-ethyl adjacent to an activating group) is 1. The second-order valence-corrected chi connectivity index (χ2v) is 16.1. The first-order valence-corrected chi connectivity index (χ1v) is 19.4. The van der Waals surface area contributed by atoms with Gasteiger partial charge in [0.15, 0.2) is 11.6 Å². The predicted octanol–water partition coefficient (Wildman–Crippen LogP) is 3.52. The summed E-state index contributed by atoms with van der Waals surface area (Å²) < 4.78 is 62.4. The number of aryl methyl sites for hydroxylation is 2. The van der Waals surface area contributed by atoms with Crippen molar-refractivity contribution < 1.29 is 36.3 Å². The SMILES string of the molecule is COC[C@H]1CN(c2cc(C)c3c4c(c(=O)oc3c2C)CN(C(=O)c2cc(C(=O)NS(=O)(=O)N3CCCC3)cc(OC3CCC3)c2F)CC4)CCN1C. The molecule has 2 saturated heterocycles. The van der Waals surface area contributed by atoms with E-state index < -0.39 is 39.0 Å². The van der Waals surface area contributed by atoms with Crippen LogP contribution in [0, 0.1) is 19.7 Å². The average Bonchev–Trinajstić information content (AvgIpc) is 3.66. The van der Waals surface area contributed by atoms with Crippen molar-refractivity contribution in [1.82, 2.24) is 18.8 Å². The molecule has 280 valence electrons. The van der Waals surface area contributed by atoms with Crippen molar-refractivity contribution in [2.24, 2.45) is 0 Å². The van der Waals surface area contributed by atoms with E-state index >= 15 is 4.39 Å². The van der Waals surface area contributed by atoms with Crippen LogP contribution in [0.15, 0.2) is 27.4 Å². The lowest BCUT2D eigenvalue weighted by atomic mass is 9.92. The second kappa shape index (κ2) is 14.4. The molecule has 0 bridgehead atoms. The Labute approximate surface area is 302 Å². The number of methoxy groups -OCH3 is 1. The fourth-order valence-corrected chi connectivity index (χ4v) is 8.99. The molecule has 52 heavy (non-hydrogen) atoms. The Bertz CT molecular complexity index is 2080. The van der Waals surface area contributed by atoms with Gasteiger partial charge in [-0.25, -0.2) is 13.9 Å². The molecule has 1 saturated carbocycles. The Morgan fingerprint density at radius 2 is 1.77 bits per heavy atom. The number of ether oxygens (including phenoxy) is 2. The largest absolute Gasteiger partial charge is 0.487 e. The van der Waals surface area contributed by atoms with Crippen LogP contribution in [-0.4, -0.2) is 107 Å². The summed E-state index contributed by atoms with van der Waals surface area (Å²) in [4.78, 5) is 46.9. The van der Waals surface area contributed by atoms with Crippen LogP contribution < -0.4 is 20.0 Å². The molecule has 13 nitrogen and oxygen atoms in total. The summed E-state index contributed by atoms with van der Waals surface area (Å²) in [6.45, 7) is 7.64. The number of halogens is 1. The van der Waals surface area contributed by atoms with Crippen LogP contribution in [0.25, 0.3) is 11.0 Å². The summed E-state index contributed by atoms with van der Waals surface area (Å²) in [5.41, 5.74) is 3.23. The third-order valence-corrected chi connectivity index (χ3v) is 12.5. The molecular formula is C37H46FN5O8S. The van der Waals surface area contributed by atoms with Gasteiger partial charge < -0.3 is 23.7 Å². The third kappa shape index (κ3) is 6.79. The predicted molar refractivity (Wildman–Crippen MR) is 193 cm³/mol. The lowest BCUT2D eigenvalue weighted by molar-refractivity contribution is 0.0723. The summed E-state index contributed by atoms with van der Waals surface area (Å²) in [6, 6.07) is 4.55. The van der Waals surface area contributed by atoms with Gasteiger partial charge in [-0.05, 0) is 88.7 Å². The van der Waals surface area contributed by atoms with Crippen molar-refractivity contribution in [3.8, 4) is 5.75 Å². The maximum atomic E-state index is 16.1. The molecular weight excluding hydrogens is 693 g/mol. The van der Waals surface area contributed by atoms with Gasteiger partial charge in [0.2, 0.25) is 0 Å². The highest BCUT2D eigenvalue weighted by molar-refractivity contribution is 7.87. The molecule has 0 spiro atoms. The number of rotatable bonds is 9. The van der Waals surface area contributed by atoms with Gasteiger partial charge >= 0.3 is 15.8 Å². The van der Waals surface area contributed by atoms with Crippen molar-refractivity contribution >= 4 is 38.7 Å². The molecule has 2 amide bonds. The highest BCUT2D eigenvalue weighted by atomic mass is 32.2. The highest BCUT2D eigenvalue weighted by Crippen LogP contribution is 2.37. The van der Waals surface area contributed by atoms with Gasteiger partial charge in [0.05, 0.1) is 36.4 Å². The van der Waals surface area contributed by atoms with Gasteiger partial charge in [0.1, 0.15) is 5.58 Å². The van der Waals surface area contributed by atoms with Gasteiger partial charge in [-0.2, -0.15) is 12.7 Å². The number of amides is 2. The molecule has 1 N–H and O–H groups in total. The Hall–Kier alpha value is -4.05. The van der Waals surface area contributed by atoms with Crippen molar-refractivity contribution in [1.29, 1.82) is 0 Å². The van der Waals surface area contributed by atoms with E-state index in [2.05, 4.69) is 27.6 Å². The number of piperazine rings is 1. The third-order valence-electron chi connectivity index (χ3n) is 11.1. The number of benzene rings is 2. The van der Waals surface area contributed by atoms with Crippen molar-refractivity contribution in [2.75, 3.05) is 64.9 Å². The molecule has 0 unspecified atom stereocenters. The lowest BCUT2D eigenvalue weighted by Gasteiger charge is -2.41. The van der Waals surface area contributed by atoms with Crippen LogP contribution in [-0.2, 0) is 27.9 Å². The maximum Gasteiger partial charge on any atom is 0.341 e. The normalized spacial score (nSPS) is 20.2. The van der Waals surface area contributed by atoms with Crippen LogP contribution >= 0.6 is 0 Å². The maximum absolute atomic E-state index is 16.1. The Morgan fingerprint density at radius 1 is 1.02 bits per heavy atom. The van der Waals surface area contributed by atoms with Gasteiger partial charge in [-0.1, -0.05) is 0 Å². The van der Waals surface area contributed by atoms with Crippen molar-refractivity contribution in [3.63, 3.8) is 0 Å². The molecule has 3 aromatic rings. The molecule has 4 heterocycles. The van der Waals surface area contributed by atoms with Crippen LogP contribution in [0.1, 0.15) is 75.1 Å². The minimum Gasteiger partial charge on any atom is -0.487 e. The molecule has 3 aliphatic heterocycles. The number of hydrogen-bond donors (Lipinski definition) is 1. The Kier molecular flexibility index (Phi) is 10.1. The number of hydrogen-bond acceptors (Lipinski definition) is 10. The number of carbonyl (C=O) groups is 2. The van der Waals surface area contributed by atoms with Crippen LogP contribution in [0.4, 0.5) is 10.1 Å². The summed E-state index contributed by atoms with van der Waals surface area (Å²) in [5, 5.41) is 0.839. The standard InChI is InChI=1S/C37H46FN5O8S/c1-22-16-30(41-15-14-40(3)25(19-41)21-49-4)23(2)34-32(22)27-10-13-42(20-29(27)37(46)51-34)36(45)28-17-24(18-31(33(28)38)50-26-8-7-9-26)35(44)39-52(47,48)43-11-5-6-12-43/h16-18,25-26H,5-15,19-21H2,1-4H3,(H,39,44)/t25-/m1/s1. The minimum absolute atomic E-state index is 0.123. The highest BCUT2D eigenvalue weighted by Gasteiger charge is 2.34. The first-order valence-electron chi connectivity index (χ1n) is 18.0. The number of carbonyl (C=O) groups excluding carboxylic acids is 2. The van der Waals surface area contributed by atoms with E-state index in [0.717, 1.165) is 66.0 Å². The second-order valence-electron chi connectivity index (χ2n) is 14.4. The van der Waals surface area contributed by atoms with E-state index in [1.165, 1.54) is 9.21 Å². The topological polar surface area (TPSA) is 142 Å².